The largest absolute Gasteiger partial charge is 0.493 e. The van der Waals surface area contributed by atoms with Crippen LogP contribution in [-0.4, -0.2) is 52.0 Å². The minimum atomic E-state index is -4.42. The second-order valence-electron chi connectivity index (χ2n) is 8.99. The monoisotopic (exact) mass is 580 g/mol. The van der Waals surface area contributed by atoms with Gasteiger partial charge in [0.1, 0.15) is 6.04 Å². The lowest BCUT2D eigenvalue weighted by Gasteiger charge is -2.29. The molecular weight excluding hydrogens is 550 g/mol. The lowest BCUT2D eigenvalue weighted by molar-refractivity contribution is -0.124. The van der Waals surface area contributed by atoms with Crippen LogP contribution in [0.4, 0.5) is 8.78 Å². The molecule has 4 rings (SSSR count). The first-order valence-electron chi connectivity index (χ1n) is 12.4. The molecule has 1 aliphatic heterocycles. The SMILES string of the molecule is COc1cc(CN([C@H]2CCCCNC2=O)S(=O)(=O)c2ccc(F)c(F)c2)cc(OC)c1OCCc1ccsc1. The van der Waals surface area contributed by atoms with Gasteiger partial charge in [-0.2, -0.15) is 15.6 Å². The quantitative estimate of drug-likeness (QED) is 0.358. The Kier molecular flexibility index (Phi) is 9.41. The van der Waals surface area contributed by atoms with E-state index in [0.717, 1.165) is 22.0 Å². The van der Waals surface area contributed by atoms with Crippen molar-refractivity contribution in [1.29, 1.82) is 0 Å². The Morgan fingerprint density at radius 3 is 2.41 bits per heavy atom. The van der Waals surface area contributed by atoms with E-state index in [1.807, 2.05) is 16.8 Å². The molecule has 1 amide bonds. The van der Waals surface area contributed by atoms with E-state index < -0.39 is 38.5 Å². The third-order valence-corrected chi connectivity index (χ3v) is 9.01. The Morgan fingerprint density at radius 2 is 1.77 bits per heavy atom. The number of nitrogens with zero attached hydrogens (tertiary/aromatic N) is 1. The van der Waals surface area contributed by atoms with Gasteiger partial charge in [-0.3, -0.25) is 4.79 Å². The number of methoxy groups -OCH3 is 2. The van der Waals surface area contributed by atoms with Gasteiger partial charge in [0.15, 0.2) is 23.1 Å². The first-order valence-corrected chi connectivity index (χ1v) is 14.8. The zero-order chi connectivity index (χ0) is 28.0. The molecule has 1 N–H and O–H groups in total. The molecule has 1 aliphatic rings. The van der Waals surface area contributed by atoms with Gasteiger partial charge in [-0.15, -0.1) is 0 Å². The third kappa shape index (κ3) is 6.68. The van der Waals surface area contributed by atoms with Gasteiger partial charge in [0.05, 0.1) is 25.7 Å². The van der Waals surface area contributed by atoms with Crippen LogP contribution >= 0.6 is 11.3 Å². The molecule has 3 aromatic rings. The maximum absolute atomic E-state index is 14.0. The van der Waals surface area contributed by atoms with E-state index in [4.69, 9.17) is 14.2 Å². The molecule has 0 spiro atoms. The number of benzene rings is 2. The van der Waals surface area contributed by atoms with Gasteiger partial charge >= 0.3 is 0 Å². The fourth-order valence-corrected chi connectivity index (χ4v) is 6.71. The predicted molar refractivity (Wildman–Crippen MR) is 143 cm³/mol. The van der Waals surface area contributed by atoms with Crippen LogP contribution in [0.5, 0.6) is 17.2 Å². The summed E-state index contributed by atoms with van der Waals surface area (Å²) in [6.45, 7) is 0.538. The van der Waals surface area contributed by atoms with Crippen molar-refractivity contribution >= 4 is 27.3 Å². The lowest BCUT2D eigenvalue weighted by Crippen LogP contribution is -2.48. The van der Waals surface area contributed by atoms with E-state index in [1.165, 1.54) is 14.2 Å². The summed E-state index contributed by atoms with van der Waals surface area (Å²) in [6, 6.07) is 6.55. The van der Waals surface area contributed by atoms with Crippen LogP contribution in [0, 0.1) is 11.6 Å². The number of rotatable bonds is 11. The summed E-state index contributed by atoms with van der Waals surface area (Å²) < 4.78 is 73.2. The smallest absolute Gasteiger partial charge is 0.244 e. The van der Waals surface area contributed by atoms with Gasteiger partial charge in [-0.25, -0.2) is 17.2 Å². The standard InChI is InChI=1S/C27H30F2N2O6S2/c1-35-24-13-19(14-25(36-2)26(24)37-11-8-18-9-12-38-17-18)16-31(23-5-3-4-10-30-27(23)32)39(33,34)20-6-7-21(28)22(29)15-20/h6-7,9,12-15,17,23H,3-5,8,10-11,16H2,1-2H3,(H,30,32)/t23-/m0/s1. The van der Waals surface area contributed by atoms with Crippen LogP contribution in [0.3, 0.4) is 0 Å². The number of ether oxygens (including phenoxy) is 3. The van der Waals surface area contributed by atoms with Gasteiger partial charge in [0.2, 0.25) is 21.7 Å². The summed E-state index contributed by atoms with van der Waals surface area (Å²) in [5.74, 6) is -1.91. The summed E-state index contributed by atoms with van der Waals surface area (Å²) in [6.07, 6.45) is 2.25. The molecule has 0 radical (unpaired) electrons. The summed E-state index contributed by atoms with van der Waals surface area (Å²) in [4.78, 5) is 12.5. The fraction of sp³-hybridized carbons (Fsp3) is 0.370. The first-order chi connectivity index (χ1) is 18.7. The van der Waals surface area contributed by atoms with E-state index in [2.05, 4.69) is 5.32 Å². The summed E-state index contributed by atoms with van der Waals surface area (Å²) >= 11 is 1.60. The van der Waals surface area contributed by atoms with Crippen LogP contribution in [0.2, 0.25) is 0 Å². The topological polar surface area (TPSA) is 94.2 Å². The van der Waals surface area contributed by atoms with E-state index in [1.54, 1.807) is 23.5 Å². The highest BCUT2D eigenvalue weighted by Crippen LogP contribution is 2.40. The molecule has 2 aromatic carbocycles. The lowest BCUT2D eigenvalue weighted by atomic mass is 10.1. The van der Waals surface area contributed by atoms with Crippen molar-refractivity contribution in [2.75, 3.05) is 27.4 Å². The number of sulfonamides is 1. The van der Waals surface area contributed by atoms with Crippen LogP contribution in [0.25, 0.3) is 0 Å². The average molecular weight is 581 g/mol. The number of carbonyl (C=O) groups excluding carboxylic acids is 1. The van der Waals surface area contributed by atoms with Crippen molar-refractivity contribution in [3.8, 4) is 17.2 Å². The number of hydrogen-bond donors (Lipinski definition) is 1. The van der Waals surface area contributed by atoms with Gasteiger partial charge in [-0.05, 0) is 77.5 Å². The molecule has 1 atom stereocenters. The summed E-state index contributed by atoms with van der Waals surface area (Å²) in [7, 11) is -1.51. The van der Waals surface area contributed by atoms with Crippen molar-refractivity contribution in [3.05, 3.63) is 69.9 Å². The maximum Gasteiger partial charge on any atom is 0.244 e. The van der Waals surface area contributed by atoms with Crippen LogP contribution in [0.1, 0.15) is 30.4 Å². The number of nitrogens with one attached hydrogen (secondary N) is 1. The van der Waals surface area contributed by atoms with E-state index in [-0.39, 0.29) is 13.0 Å². The number of thiophene rings is 1. The molecule has 39 heavy (non-hydrogen) atoms. The molecule has 0 unspecified atom stereocenters. The Hall–Kier alpha value is -3.22. The van der Waals surface area contributed by atoms with Crippen molar-refractivity contribution < 1.29 is 36.2 Å². The highest BCUT2D eigenvalue weighted by atomic mass is 32.2. The van der Waals surface area contributed by atoms with E-state index >= 15 is 0 Å². The molecule has 2 heterocycles. The van der Waals surface area contributed by atoms with Crippen LogP contribution in [-0.2, 0) is 27.8 Å². The first kappa shape index (κ1) is 28.8. The Balaban J connectivity index is 1.69. The molecule has 8 nitrogen and oxygen atoms in total. The van der Waals surface area contributed by atoms with Crippen molar-refractivity contribution in [2.45, 2.75) is 43.2 Å². The average Bonchev–Trinajstić information content (AvgIpc) is 3.35. The van der Waals surface area contributed by atoms with Crippen molar-refractivity contribution in [2.24, 2.45) is 0 Å². The van der Waals surface area contributed by atoms with Crippen molar-refractivity contribution in [3.63, 3.8) is 0 Å². The minimum absolute atomic E-state index is 0.249. The molecule has 1 aromatic heterocycles. The molecule has 12 heteroatoms. The molecular formula is C27H30F2N2O6S2. The predicted octanol–water partition coefficient (Wildman–Crippen LogP) is 4.52. The van der Waals surface area contributed by atoms with E-state index in [0.29, 0.717) is 61.3 Å². The van der Waals surface area contributed by atoms with E-state index in [9.17, 15) is 22.0 Å². The van der Waals surface area contributed by atoms with Crippen LogP contribution in [0.15, 0.2) is 52.1 Å². The Bertz CT molecular complexity index is 1370. The van der Waals surface area contributed by atoms with Gasteiger partial charge in [0.25, 0.3) is 0 Å². The Morgan fingerprint density at radius 1 is 1.03 bits per heavy atom. The van der Waals surface area contributed by atoms with Gasteiger partial charge in [0, 0.05) is 19.5 Å². The second kappa shape index (κ2) is 12.8. The minimum Gasteiger partial charge on any atom is -0.493 e. The van der Waals surface area contributed by atoms with Gasteiger partial charge < -0.3 is 19.5 Å². The molecule has 0 aliphatic carbocycles. The van der Waals surface area contributed by atoms with Gasteiger partial charge in [-0.1, -0.05) is 0 Å². The molecule has 1 saturated heterocycles. The van der Waals surface area contributed by atoms with Crippen LogP contribution < -0.4 is 19.5 Å². The fourth-order valence-electron chi connectivity index (χ4n) is 4.39. The highest BCUT2D eigenvalue weighted by molar-refractivity contribution is 7.89. The summed E-state index contributed by atoms with van der Waals surface area (Å²) in [5.41, 5.74) is 1.59. The molecule has 1 fully saturated rings. The normalized spacial score (nSPS) is 16.0. The summed E-state index contributed by atoms with van der Waals surface area (Å²) in [5, 5.41) is 6.77. The third-order valence-electron chi connectivity index (χ3n) is 6.43. The number of hydrogen-bond acceptors (Lipinski definition) is 7. The number of amides is 1. The highest BCUT2D eigenvalue weighted by Gasteiger charge is 2.37. The van der Waals surface area contributed by atoms with Crippen molar-refractivity contribution in [1.82, 2.24) is 9.62 Å². The Labute approximate surface area is 230 Å². The number of carbonyl (C=O) groups is 1. The zero-order valence-electron chi connectivity index (χ0n) is 21.6. The molecule has 0 bridgehead atoms. The second-order valence-corrected chi connectivity index (χ2v) is 11.7. The molecule has 0 saturated carbocycles. The maximum atomic E-state index is 14.0. The molecule has 210 valence electrons. The number of halogens is 2. The zero-order valence-corrected chi connectivity index (χ0v) is 23.2.